The van der Waals surface area contributed by atoms with Crippen LogP contribution in [-0.4, -0.2) is 79.3 Å². The number of aliphatic imine (C=N–C) groups is 1. The van der Waals surface area contributed by atoms with Crippen molar-refractivity contribution in [1.29, 1.82) is 5.26 Å². The highest BCUT2D eigenvalue weighted by Gasteiger charge is 2.34. The summed E-state index contributed by atoms with van der Waals surface area (Å²) in [5.74, 6) is -1.88. The second-order valence-electron chi connectivity index (χ2n) is 11.9. The Morgan fingerprint density at radius 2 is 2.04 bits per heavy atom. The molecule has 252 valence electrons. The molecule has 3 aliphatic heterocycles. The van der Waals surface area contributed by atoms with Crippen molar-refractivity contribution in [2.45, 2.75) is 64.6 Å². The fraction of sp³-hybridized carbons (Fsp3) is 0.500. The zero-order chi connectivity index (χ0) is 33.7. The first-order valence-electron chi connectivity index (χ1n) is 16.0. The van der Waals surface area contributed by atoms with Crippen LogP contribution >= 0.6 is 11.3 Å². The fourth-order valence-corrected chi connectivity index (χ4v) is 7.31. The average molecular weight is 673 g/mol. The highest BCUT2D eigenvalue weighted by molar-refractivity contribution is 7.23. The number of fused-ring (bicyclic) bond motifs is 2. The van der Waals surface area contributed by atoms with Crippen molar-refractivity contribution in [2.75, 3.05) is 52.2 Å². The number of rotatable bonds is 6. The quantitative estimate of drug-likeness (QED) is 0.129. The molecule has 0 radical (unpaired) electrons. The first-order valence-corrected chi connectivity index (χ1v) is 16.8. The lowest BCUT2D eigenvalue weighted by Crippen LogP contribution is -2.35. The van der Waals surface area contributed by atoms with Gasteiger partial charge in [0.2, 0.25) is 5.88 Å². The summed E-state index contributed by atoms with van der Waals surface area (Å²) in [6.07, 6.45) is 8.49. The number of halogens is 4. The molecule has 2 atom stereocenters. The van der Waals surface area contributed by atoms with Gasteiger partial charge in [-0.1, -0.05) is 13.3 Å². The molecule has 2 N–H and O–H groups in total. The molecule has 3 aromatic rings. The molecule has 0 aliphatic carbocycles. The number of allylic oxidation sites excluding steroid dienone is 1. The zero-order valence-corrected chi connectivity index (χ0v) is 27.7. The van der Waals surface area contributed by atoms with Crippen LogP contribution in [0.2, 0.25) is 0 Å². The van der Waals surface area contributed by atoms with E-state index >= 15 is 8.78 Å². The summed E-state index contributed by atoms with van der Waals surface area (Å²) in [6.45, 7) is 7.67. The molecule has 6 rings (SSSR count). The van der Waals surface area contributed by atoms with Crippen molar-refractivity contribution in [3.63, 3.8) is 0 Å². The molecule has 13 heteroatoms. The predicted molar refractivity (Wildman–Crippen MR) is 176 cm³/mol. The number of alkyl halides is 1. The molecule has 0 saturated carbocycles. The third kappa shape index (κ3) is 7.40. The normalized spacial score (nSPS) is 20.5. The lowest BCUT2D eigenvalue weighted by atomic mass is 9.99. The number of nitrogens with two attached hydrogens (primary N) is 1. The van der Waals surface area contributed by atoms with Crippen LogP contribution in [0.4, 0.5) is 22.6 Å². The second-order valence-corrected chi connectivity index (χ2v) is 12.9. The summed E-state index contributed by atoms with van der Waals surface area (Å²) in [7, 11) is 1.52. The number of hydrogen-bond donors (Lipinski definition) is 1. The second kappa shape index (κ2) is 15.4. The number of thiophene rings is 1. The Hall–Kier alpha value is -3.73. The molecule has 2 aromatic heterocycles. The number of anilines is 1. The van der Waals surface area contributed by atoms with Gasteiger partial charge in [-0.15, -0.1) is 11.3 Å². The lowest BCUT2D eigenvalue weighted by Gasteiger charge is -2.25. The third-order valence-electron chi connectivity index (χ3n) is 8.76. The van der Waals surface area contributed by atoms with E-state index in [0.717, 1.165) is 43.6 Å². The molecule has 3 fully saturated rings. The van der Waals surface area contributed by atoms with E-state index in [2.05, 4.69) is 9.88 Å². The number of pyridine rings is 1. The molecule has 0 spiro atoms. The number of hydrogen-bond acceptors (Lipinski definition) is 8. The number of aromatic nitrogens is 1. The molecule has 47 heavy (non-hydrogen) atoms. The molecule has 3 saturated heterocycles. The number of benzene rings is 1. The van der Waals surface area contributed by atoms with Crippen molar-refractivity contribution in [3.8, 4) is 17.3 Å². The molecular formula is C34H40F4N6O2S. The first-order chi connectivity index (χ1) is 22.7. The molecule has 8 nitrogen and oxygen atoms in total. The maximum absolute atomic E-state index is 16.1. The molecule has 1 aromatic carbocycles. The molecular weight excluding hydrogens is 632 g/mol. The van der Waals surface area contributed by atoms with Crippen molar-refractivity contribution in [1.82, 2.24) is 14.8 Å². The van der Waals surface area contributed by atoms with Gasteiger partial charge < -0.3 is 20.1 Å². The fourth-order valence-electron chi connectivity index (χ4n) is 6.38. The van der Waals surface area contributed by atoms with Crippen molar-refractivity contribution in [2.24, 2.45) is 4.99 Å². The van der Waals surface area contributed by atoms with E-state index in [1.807, 2.05) is 24.0 Å². The lowest BCUT2D eigenvalue weighted by molar-refractivity contribution is 0.147. The number of ether oxygens (including phenoxy) is 2. The number of nitriles is 1. The number of methoxy groups -OCH3 is 1. The number of nitrogens with zero attached hydrogens (tertiary/aromatic N) is 5. The average Bonchev–Trinajstić information content (AvgIpc) is 3.65. The van der Waals surface area contributed by atoms with Crippen LogP contribution in [0.3, 0.4) is 0 Å². The van der Waals surface area contributed by atoms with Crippen molar-refractivity contribution in [3.05, 3.63) is 58.4 Å². The van der Waals surface area contributed by atoms with Crippen LogP contribution in [0.15, 0.2) is 29.2 Å². The maximum Gasteiger partial charge on any atom is 0.210 e. The predicted octanol–water partition coefficient (Wildman–Crippen LogP) is 7.09. The van der Waals surface area contributed by atoms with Gasteiger partial charge in [-0.25, -0.2) is 17.6 Å². The summed E-state index contributed by atoms with van der Waals surface area (Å²) in [6, 6.07) is 3.15. The van der Waals surface area contributed by atoms with Crippen molar-refractivity contribution >= 4 is 32.3 Å². The highest BCUT2D eigenvalue weighted by atomic mass is 32.1. The SMILES string of the molecule is CCC/C=C(/N=C(\c1cnc(-c2c(F)cc(F)c3sc(N)c(C#N)c23)c(F)c1C)N1CCCOCC1)OC.FC1CC2CCCN2C1. The summed E-state index contributed by atoms with van der Waals surface area (Å²) in [5.41, 5.74) is 5.71. The number of nitrogen functional groups attached to an aromatic ring is 1. The Labute approximate surface area is 276 Å². The smallest absolute Gasteiger partial charge is 0.210 e. The van der Waals surface area contributed by atoms with Gasteiger partial charge in [0.25, 0.3) is 0 Å². The van der Waals surface area contributed by atoms with E-state index in [4.69, 9.17) is 20.2 Å². The van der Waals surface area contributed by atoms with Gasteiger partial charge in [-0.05, 0) is 57.2 Å². The summed E-state index contributed by atoms with van der Waals surface area (Å²) in [5, 5.41) is 9.53. The highest BCUT2D eigenvalue weighted by Crippen LogP contribution is 2.43. The van der Waals surface area contributed by atoms with E-state index in [-0.39, 0.29) is 37.5 Å². The Kier molecular flexibility index (Phi) is 11.4. The van der Waals surface area contributed by atoms with Gasteiger partial charge in [-0.3, -0.25) is 9.88 Å². The van der Waals surface area contributed by atoms with Crippen LogP contribution in [-0.2, 0) is 9.47 Å². The van der Waals surface area contributed by atoms with Crippen LogP contribution in [0.1, 0.15) is 62.1 Å². The Morgan fingerprint density at radius 1 is 1.23 bits per heavy atom. The van der Waals surface area contributed by atoms with Crippen LogP contribution in [0.25, 0.3) is 21.3 Å². The number of amidine groups is 1. The Balaban J connectivity index is 0.000000410. The van der Waals surface area contributed by atoms with E-state index in [1.54, 1.807) is 6.92 Å². The van der Waals surface area contributed by atoms with Gasteiger partial charge in [0.15, 0.2) is 5.82 Å². The maximum atomic E-state index is 16.1. The topological polar surface area (TPSA) is 100 Å². The van der Waals surface area contributed by atoms with E-state index in [1.165, 1.54) is 26.1 Å². The zero-order valence-electron chi connectivity index (χ0n) is 26.9. The van der Waals surface area contributed by atoms with Crippen molar-refractivity contribution < 1.29 is 27.0 Å². The largest absolute Gasteiger partial charge is 0.481 e. The minimum absolute atomic E-state index is 0.0192. The van der Waals surface area contributed by atoms with Gasteiger partial charge in [0.1, 0.15) is 40.4 Å². The Bertz CT molecular complexity index is 1680. The van der Waals surface area contributed by atoms with E-state index < -0.39 is 23.6 Å². The van der Waals surface area contributed by atoms with Crippen LogP contribution < -0.4 is 5.73 Å². The number of unbranched alkanes of at least 4 members (excludes halogenated alkanes) is 1. The summed E-state index contributed by atoms with van der Waals surface area (Å²) < 4.78 is 69.4. The van der Waals surface area contributed by atoms with Gasteiger partial charge >= 0.3 is 0 Å². The van der Waals surface area contributed by atoms with Crippen LogP contribution in [0, 0.1) is 35.7 Å². The minimum atomic E-state index is -1.04. The first kappa shape index (κ1) is 34.6. The van der Waals surface area contributed by atoms with Gasteiger partial charge in [-0.2, -0.15) is 10.3 Å². The third-order valence-corrected chi connectivity index (χ3v) is 9.79. The van der Waals surface area contributed by atoms with E-state index in [0.29, 0.717) is 62.2 Å². The summed E-state index contributed by atoms with van der Waals surface area (Å²) in [4.78, 5) is 13.3. The molecule has 2 unspecified atom stereocenters. The van der Waals surface area contributed by atoms with Gasteiger partial charge in [0.05, 0.1) is 24.0 Å². The summed E-state index contributed by atoms with van der Waals surface area (Å²) >= 11 is 0.808. The molecule has 5 heterocycles. The van der Waals surface area contributed by atoms with E-state index in [9.17, 15) is 14.0 Å². The minimum Gasteiger partial charge on any atom is -0.481 e. The Morgan fingerprint density at radius 3 is 2.77 bits per heavy atom. The molecule has 0 amide bonds. The monoisotopic (exact) mass is 672 g/mol. The standard InChI is InChI=1S/C27H28F3N5O2S.C7H12FN/c1-4-5-7-20(36-3)34-27(35-8-6-10-37-11-9-35)17-14-33-24(23(30)15(17)2)22-18(28)12-19(29)25-21(22)16(13-31)26(32)38-25;8-6-4-7-2-1-3-9(7)5-6/h7,12,14H,4-6,8-11,32H2,1-3H3;6-7H,1-5H2/b20-7-,34-27+;. The molecule has 3 aliphatic rings. The molecule has 0 bridgehead atoms. The van der Waals surface area contributed by atoms with Gasteiger partial charge in [0, 0.05) is 61.1 Å². The van der Waals surface area contributed by atoms with Crippen LogP contribution in [0.5, 0.6) is 0 Å².